The lowest BCUT2D eigenvalue weighted by Gasteiger charge is -2.17. The van der Waals surface area contributed by atoms with Gasteiger partial charge in [-0.15, -0.1) is 0 Å². The summed E-state index contributed by atoms with van der Waals surface area (Å²) in [6, 6.07) is 6.51. The molecule has 2 heterocycles. The summed E-state index contributed by atoms with van der Waals surface area (Å²) >= 11 is 0. The van der Waals surface area contributed by atoms with Crippen molar-refractivity contribution in [3.63, 3.8) is 0 Å². The minimum absolute atomic E-state index is 0.921. The number of imidazole rings is 1. The van der Waals surface area contributed by atoms with Gasteiger partial charge >= 0.3 is 0 Å². The van der Waals surface area contributed by atoms with Gasteiger partial charge in [-0.2, -0.15) is 0 Å². The zero-order valence-corrected chi connectivity index (χ0v) is 13.9. The first kappa shape index (κ1) is 14.6. The predicted molar refractivity (Wildman–Crippen MR) is 92.4 cm³/mol. The molecule has 0 saturated carbocycles. The Morgan fingerprint density at radius 1 is 1.05 bits per heavy atom. The molecule has 4 heteroatoms. The minimum atomic E-state index is 0.921. The molecule has 0 aliphatic heterocycles. The molecule has 3 rings (SSSR count). The fraction of sp³-hybridized carbons (Fsp3) is 0.333. The second kappa shape index (κ2) is 5.44. The first-order valence-corrected chi connectivity index (χ1v) is 7.61. The highest BCUT2D eigenvalue weighted by Gasteiger charge is 2.10. The van der Waals surface area contributed by atoms with Crippen molar-refractivity contribution < 1.29 is 0 Å². The van der Waals surface area contributed by atoms with Crippen LogP contribution in [0.5, 0.6) is 0 Å². The van der Waals surface area contributed by atoms with Crippen LogP contribution in [0, 0.1) is 13.8 Å². The monoisotopic (exact) mass is 294 g/mol. The molecule has 0 N–H and O–H groups in total. The lowest BCUT2D eigenvalue weighted by atomic mass is 10.0. The van der Waals surface area contributed by atoms with E-state index in [1.807, 2.05) is 6.33 Å². The maximum Gasteiger partial charge on any atom is 0.107 e. The van der Waals surface area contributed by atoms with E-state index in [-0.39, 0.29) is 0 Å². The molecule has 0 amide bonds. The van der Waals surface area contributed by atoms with Crippen molar-refractivity contribution in [2.45, 2.75) is 27.3 Å². The highest BCUT2D eigenvalue weighted by atomic mass is 15.1. The van der Waals surface area contributed by atoms with Crippen molar-refractivity contribution >= 4 is 16.6 Å². The number of benzene rings is 1. The quantitative estimate of drug-likeness (QED) is 0.737. The van der Waals surface area contributed by atoms with E-state index < -0.39 is 0 Å². The number of aromatic nitrogens is 3. The summed E-state index contributed by atoms with van der Waals surface area (Å²) in [5.74, 6) is 0. The molecule has 2 aromatic heterocycles. The molecule has 0 atom stereocenters. The van der Waals surface area contributed by atoms with E-state index in [1.165, 1.54) is 22.2 Å². The standard InChI is InChI=1S/C18H22N4/c1-6-22-10-17(19-11-22)16-7-12(2)14-9-18(21(4)5)13(3)8-15(14)20-16/h7-11H,6H2,1-5H3. The molecule has 0 unspecified atom stereocenters. The fourth-order valence-electron chi connectivity index (χ4n) is 2.81. The van der Waals surface area contributed by atoms with Crippen molar-refractivity contribution in [2.75, 3.05) is 19.0 Å². The van der Waals surface area contributed by atoms with Crippen molar-refractivity contribution in [3.8, 4) is 11.4 Å². The zero-order chi connectivity index (χ0) is 15.9. The molecule has 0 saturated heterocycles. The Morgan fingerprint density at radius 3 is 2.45 bits per heavy atom. The Balaban J connectivity index is 2.18. The van der Waals surface area contributed by atoms with Gasteiger partial charge in [0.2, 0.25) is 0 Å². The van der Waals surface area contributed by atoms with Crippen LogP contribution in [0.2, 0.25) is 0 Å². The Hall–Kier alpha value is -2.36. The number of fused-ring (bicyclic) bond motifs is 1. The zero-order valence-electron chi connectivity index (χ0n) is 13.9. The summed E-state index contributed by atoms with van der Waals surface area (Å²) in [7, 11) is 4.14. The van der Waals surface area contributed by atoms with Crippen LogP contribution in [-0.2, 0) is 6.54 Å². The number of aryl methyl sites for hydroxylation is 3. The van der Waals surface area contributed by atoms with Gasteiger partial charge in [-0.05, 0) is 50.1 Å². The van der Waals surface area contributed by atoms with Crippen LogP contribution in [0.15, 0.2) is 30.7 Å². The van der Waals surface area contributed by atoms with Gasteiger partial charge in [-0.3, -0.25) is 0 Å². The van der Waals surface area contributed by atoms with Gasteiger partial charge in [0, 0.05) is 37.9 Å². The number of hydrogen-bond donors (Lipinski definition) is 0. The van der Waals surface area contributed by atoms with Crippen molar-refractivity contribution in [1.29, 1.82) is 0 Å². The van der Waals surface area contributed by atoms with Crippen molar-refractivity contribution in [2.24, 2.45) is 0 Å². The highest BCUT2D eigenvalue weighted by Crippen LogP contribution is 2.29. The van der Waals surface area contributed by atoms with Crippen LogP contribution in [0.3, 0.4) is 0 Å². The van der Waals surface area contributed by atoms with Crippen LogP contribution in [-0.4, -0.2) is 28.6 Å². The molecule has 3 aromatic rings. The van der Waals surface area contributed by atoms with Crippen LogP contribution in [0.25, 0.3) is 22.3 Å². The molecule has 0 aliphatic rings. The molecule has 1 aromatic carbocycles. The summed E-state index contributed by atoms with van der Waals surface area (Å²) in [5, 5.41) is 1.20. The Kier molecular flexibility index (Phi) is 3.61. The van der Waals surface area contributed by atoms with E-state index in [9.17, 15) is 0 Å². The van der Waals surface area contributed by atoms with Crippen molar-refractivity contribution in [1.82, 2.24) is 14.5 Å². The third kappa shape index (κ3) is 2.45. The summed E-state index contributed by atoms with van der Waals surface area (Å²) in [6.07, 6.45) is 3.91. The Morgan fingerprint density at radius 2 is 1.82 bits per heavy atom. The summed E-state index contributed by atoms with van der Waals surface area (Å²) in [6.45, 7) is 7.30. The number of nitrogens with zero attached hydrogens (tertiary/aromatic N) is 4. The summed E-state index contributed by atoms with van der Waals surface area (Å²) < 4.78 is 2.07. The average Bonchev–Trinajstić information content (AvgIpc) is 2.95. The Labute approximate surface area is 131 Å². The van der Waals surface area contributed by atoms with Crippen LogP contribution < -0.4 is 4.90 Å². The van der Waals surface area contributed by atoms with E-state index in [2.05, 4.69) is 73.7 Å². The predicted octanol–water partition coefficient (Wildman–Crippen LogP) is 3.80. The van der Waals surface area contributed by atoms with Crippen molar-refractivity contribution in [3.05, 3.63) is 41.9 Å². The highest BCUT2D eigenvalue weighted by molar-refractivity contribution is 5.89. The third-order valence-corrected chi connectivity index (χ3v) is 4.08. The van der Waals surface area contributed by atoms with Gasteiger partial charge in [0.05, 0.1) is 17.5 Å². The topological polar surface area (TPSA) is 34.0 Å². The van der Waals surface area contributed by atoms with Gasteiger partial charge in [0.1, 0.15) is 5.69 Å². The summed E-state index contributed by atoms with van der Waals surface area (Å²) in [4.78, 5) is 11.4. The fourth-order valence-corrected chi connectivity index (χ4v) is 2.81. The first-order valence-electron chi connectivity index (χ1n) is 7.61. The van der Waals surface area contributed by atoms with E-state index in [1.54, 1.807) is 0 Å². The van der Waals surface area contributed by atoms with E-state index in [0.717, 1.165) is 23.4 Å². The number of pyridine rings is 1. The normalized spacial score (nSPS) is 11.1. The molecule has 0 bridgehead atoms. The van der Waals surface area contributed by atoms with E-state index in [0.29, 0.717) is 0 Å². The average molecular weight is 294 g/mol. The van der Waals surface area contributed by atoms with Gasteiger partial charge in [0.15, 0.2) is 0 Å². The third-order valence-electron chi connectivity index (χ3n) is 4.08. The van der Waals surface area contributed by atoms with E-state index in [4.69, 9.17) is 4.98 Å². The second-order valence-electron chi connectivity index (χ2n) is 5.96. The Bertz CT molecular complexity index is 830. The maximum atomic E-state index is 4.82. The van der Waals surface area contributed by atoms with E-state index >= 15 is 0 Å². The molecular weight excluding hydrogens is 272 g/mol. The molecule has 4 nitrogen and oxygen atoms in total. The largest absolute Gasteiger partial charge is 0.377 e. The van der Waals surface area contributed by atoms with Gasteiger partial charge in [-0.25, -0.2) is 9.97 Å². The van der Waals surface area contributed by atoms with Crippen LogP contribution >= 0.6 is 0 Å². The van der Waals surface area contributed by atoms with Gasteiger partial charge in [0.25, 0.3) is 0 Å². The van der Waals surface area contributed by atoms with Crippen LogP contribution in [0.1, 0.15) is 18.1 Å². The maximum absolute atomic E-state index is 4.82. The number of rotatable bonds is 3. The second-order valence-corrected chi connectivity index (χ2v) is 5.96. The smallest absolute Gasteiger partial charge is 0.107 e. The molecule has 0 radical (unpaired) electrons. The van der Waals surface area contributed by atoms with Gasteiger partial charge < -0.3 is 9.47 Å². The molecular formula is C18H22N4. The number of hydrogen-bond acceptors (Lipinski definition) is 3. The molecule has 0 fully saturated rings. The molecule has 22 heavy (non-hydrogen) atoms. The molecule has 0 spiro atoms. The molecule has 0 aliphatic carbocycles. The molecule has 114 valence electrons. The lowest BCUT2D eigenvalue weighted by Crippen LogP contribution is -2.10. The van der Waals surface area contributed by atoms with Crippen LogP contribution in [0.4, 0.5) is 5.69 Å². The number of anilines is 1. The lowest BCUT2D eigenvalue weighted by molar-refractivity contribution is 0.762. The summed E-state index contributed by atoms with van der Waals surface area (Å²) in [5.41, 5.74) is 6.61. The first-order chi connectivity index (χ1) is 10.5. The minimum Gasteiger partial charge on any atom is -0.377 e. The SMILES string of the molecule is CCn1cnc(-c2cc(C)c3cc(N(C)C)c(C)cc3n2)c1. The van der Waals surface area contributed by atoms with Gasteiger partial charge in [-0.1, -0.05) is 0 Å².